The van der Waals surface area contributed by atoms with Gasteiger partial charge < -0.3 is 25.2 Å². The third kappa shape index (κ3) is 5.57. The number of ether oxygens (including phenoxy) is 1. The van der Waals surface area contributed by atoms with Crippen molar-refractivity contribution in [2.45, 2.75) is 62.4 Å². The van der Waals surface area contributed by atoms with Crippen LogP contribution in [0.25, 0.3) is 0 Å². The molecule has 4 aliphatic rings. The van der Waals surface area contributed by atoms with E-state index in [0.29, 0.717) is 35.4 Å². The minimum atomic E-state index is -1.20. The third-order valence-electron chi connectivity index (χ3n) is 9.02. The second-order valence-corrected chi connectivity index (χ2v) is 12.8. The lowest BCUT2D eigenvalue weighted by molar-refractivity contribution is -0.141. The highest BCUT2D eigenvalue weighted by molar-refractivity contribution is 6.35. The number of rotatable bonds is 9. The summed E-state index contributed by atoms with van der Waals surface area (Å²) in [6.45, 7) is 1.60. The fraction of sp³-hybridized carbons (Fsp3) is 0.469. The van der Waals surface area contributed by atoms with E-state index in [0.717, 1.165) is 31.2 Å². The molecule has 3 aliphatic heterocycles. The van der Waals surface area contributed by atoms with E-state index < -0.39 is 29.6 Å². The number of fused-ring (bicyclic) bond motifs is 1. The van der Waals surface area contributed by atoms with Crippen LogP contribution in [0.5, 0.6) is 0 Å². The van der Waals surface area contributed by atoms with Gasteiger partial charge in [0, 0.05) is 41.4 Å². The van der Waals surface area contributed by atoms with Crippen LogP contribution in [0.4, 0.5) is 5.69 Å². The third-order valence-corrected chi connectivity index (χ3v) is 9.46. The van der Waals surface area contributed by atoms with Crippen LogP contribution in [-0.4, -0.2) is 71.4 Å². The van der Waals surface area contributed by atoms with E-state index in [1.807, 2.05) is 37.4 Å². The molecule has 2 aromatic rings. The standard InChI is InChI=1S/C32H36Cl2N4O4/c1-37(19-20-8-4-2-5-9-20)14-15-38-28(30(40)35-23-10-6-3-7-11-23)32-13-12-25(42-32)26(27(32)31(38)41)29(39)36-24-17-21(33)16-22(34)18-24/h2,4-5,8-9,12-13,16-18,23,25-28H,3,6-7,10-11,14-15,19H2,1H3,(H,35,40)(H,36,39)/t25-,26-,27-,28-,32-/m0/s1. The normalized spacial score (nSPS) is 28.4. The molecule has 1 saturated carbocycles. The monoisotopic (exact) mass is 610 g/mol. The smallest absolute Gasteiger partial charge is 0.246 e. The Morgan fingerprint density at radius 2 is 1.76 bits per heavy atom. The summed E-state index contributed by atoms with van der Waals surface area (Å²) in [4.78, 5) is 45.7. The van der Waals surface area contributed by atoms with Crippen molar-refractivity contribution >= 4 is 46.6 Å². The van der Waals surface area contributed by atoms with Crippen LogP contribution in [0.2, 0.25) is 10.0 Å². The first kappa shape index (κ1) is 29.2. The van der Waals surface area contributed by atoms with E-state index in [-0.39, 0.29) is 23.8 Å². The summed E-state index contributed by atoms with van der Waals surface area (Å²) in [5, 5.41) is 6.90. The minimum Gasteiger partial charge on any atom is -0.359 e. The van der Waals surface area contributed by atoms with Gasteiger partial charge in [-0.05, 0) is 43.7 Å². The zero-order valence-electron chi connectivity index (χ0n) is 23.6. The molecule has 2 bridgehead atoms. The van der Waals surface area contributed by atoms with Gasteiger partial charge in [0.25, 0.3) is 0 Å². The number of benzene rings is 2. The van der Waals surface area contributed by atoms with Crippen molar-refractivity contribution in [1.82, 2.24) is 15.1 Å². The van der Waals surface area contributed by atoms with Gasteiger partial charge in [-0.25, -0.2) is 0 Å². The zero-order valence-corrected chi connectivity index (χ0v) is 25.1. The lowest BCUT2D eigenvalue weighted by Crippen LogP contribution is -2.57. The first-order valence-corrected chi connectivity index (χ1v) is 15.5. The first-order chi connectivity index (χ1) is 20.2. The molecular formula is C32H36Cl2N4O4. The van der Waals surface area contributed by atoms with Gasteiger partial charge in [-0.2, -0.15) is 0 Å². The second kappa shape index (κ2) is 12.0. The number of likely N-dealkylation sites (tertiary alicyclic amines) is 1. The molecule has 0 radical (unpaired) electrons. The van der Waals surface area contributed by atoms with E-state index in [9.17, 15) is 14.4 Å². The Kier molecular flexibility index (Phi) is 8.33. The molecule has 42 heavy (non-hydrogen) atoms. The first-order valence-electron chi connectivity index (χ1n) is 14.7. The van der Waals surface area contributed by atoms with Crippen molar-refractivity contribution < 1.29 is 19.1 Å². The van der Waals surface area contributed by atoms with Gasteiger partial charge in [0.1, 0.15) is 11.6 Å². The number of hydrogen-bond donors (Lipinski definition) is 2. The molecule has 2 N–H and O–H groups in total. The van der Waals surface area contributed by atoms with Gasteiger partial charge in [0.05, 0.1) is 17.9 Å². The lowest BCUT2D eigenvalue weighted by Gasteiger charge is -2.34. The number of carbonyl (C=O) groups is 3. The predicted octanol–water partition coefficient (Wildman–Crippen LogP) is 4.66. The highest BCUT2D eigenvalue weighted by atomic mass is 35.5. The SMILES string of the molecule is CN(CCN1C(=O)[C@@H]2[C@@H](C(=O)Nc3cc(Cl)cc(Cl)c3)[C@@H]3C=C[C@@]2(O3)[C@@H]1C(=O)NC1CCCCC1)Cc1ccccc1. The predicted molar refractivity (Wildman–Crippen MR) is 162 cm³/mol. The molecule has 6 rings (SSSR count). The minimum absolute atomic E-state index is 0.0775. The molecule has 3 amide bonds. The van der Waals surface area contributed by atoms with Gasteiger partial charge in [0.15, 0.2) is 0 Å². The van der Waals surface area contributed by atoms with Gasteiger partial charge in [0.2, 0.25) is 17.7 Å². The maximum absolute atomic E-state index is 14.2. The van der Waals surface area contributed by atoms with E-state index in [2.05, 4.69) is 27.7 Å². The topological polar surface area (TPSA) is 91.0 Å². The Morgan fingerprint density at radius 3 is 2.48 bits per heavy atom. The number of nitrogens with zero attached hydrogens (tertiary/aromatic N) is 2. The van der Waals surface area contributed by atoms with Crippen molar-refractivity contribution in [3.05, 3.63) is 76.3 Å². The highest BCUT2D eigenvalue weighted by Crippen LogP contribution is 2.55. The number of nitrogens with one attached hydrogen (secondary N) is 2. The fourth-order valence-corrected chi connectivity index (χ4v) is 7.67. The van der Waals surface area contributed by atoms with Crippen molar-refractivity contribution in [2.75, 3.05) is 25.5 Å². The summed E-state index contributed by atoms with van der Waals surface area (Å²) in [5.74, 6) is -2.42. The summed E-state index contributed by atoms with van der Waals surface area (Å²) < 4.78 is 6.47. The molecule has 8 nitrogen and oxygen atoms in total. The number of likely N-dealkylation sites (N-methyl/N-ethyl adjacent to an activating group) is 1. The summed E-state index contributed by atoms with van der Waals surface area (Å²) >= 11 is 12.3. The molecule has 10 heteroatoms. The zero-order chi connectivity index (χ0) is 29.4. The summed E-state index contributed by atoms with van der Waals surface area (Å²) in [7, 11) is 2.00. The van der Waals surface area contributed by atoms with Crippen LogP contribution in [-0.2, 0) is 25.7 Å². The average molecular weight is 612 g/mol. The Morgan fingerprint density at radius 1 is 1.05 bits per heavy atom. The Labute approximate surface area is 256 Å². The van der Waals surface area contributed by atoms with E-state index in [1.165, 1.54) is 6.42 Å². The molecule has 222 valence electrons. The number of carbonyl (C=O) groups excluding carboxylic acids is 3. The van der Waals surface area contributed by atoms with Crippen LogP contribution < -0.4 is 10.6 Å². The maximum atomic E-state index is 14.2. The molecule has 3 heterocycles. The van der Waals surface area contributed by atoms with Crippen molar-refractivity contribution in [1.29, 1.82) is 0 Å². The lowest BCUT2D eigenvalue weighted by atomic mass is 9.74. The van der Waals surface area contributed by atoms with Crippen LogP contribution in [0.1, 0.15) is 37.7 Å². The number of hydrogen-bond acceptors (Lipinski definition) is 5. The van der Waals surface area contributed by atoms with Crippen molar-refractivity contribution in [3.8, 4) is 0 Å². The highest BCUT2D eigenvalue weighted by Gasteiger charge is 2.72. The van der Waals surface area contributed by atoms with Crippen LogP contribution in [0.15, 0.2) is 60.7 Å². The van der Waals surface area contributed by atoms with E-state index in [4.69, 9.17) is 27.9 Å². The molecule has 3 fully saturated rings. The summed E-state index contributed by atoms with van der Waals surface area (Å²) in [6.07, 6.45) is 8.23. The Hall–Kier alpha value is -2.91. The van der Waals surface area contributed by atoms with Crippen molar-refractivity contribution in [3.63, 3.8) is 0 Å². The van der Waals surface area contributed by atoms with E-state index >= 15 is 0 Å². The second-order valence-electron chi connectivity index (χ2n) is 11.9. The average Bonchev–Trinajstić information content (AvgIpc) is 3.59. The maximum Gasteiger partial charge on any atom is 0.246 e. The van der Waals surface area contributed by atoms with Gasteiger partial charge in [-0.3, -0.25) is 14.4 Å². The summed E-state index contributed by atoms with van der Waals surface area (Å²) in [5.41, 5.74) is 0.402. The van der Waals surface area contributed by atoms with Crippen LogP contribution in [0, 0.1) is 11.8 Å². The van der Waals surface area contributed by atoms with Crippen LogP contribution >= 0.6 is 23.2 Å². The molecule has 1 spiro atoms. The molecule has 5 atom stereocenters. The quantitative estimate of drug-likeness (QED) is 0.403. The van der Waals surface area contributed by atoms with E-state index in [1.54, 1.807) is 23.1 Å². The molecule has 1 aliphatic carbocycles. The van der Waals surface area contributed by atoms with Crippen molar-refractivity contribution in [2.24, 2.45) is 11.8 Å². The van der Waals surface area contributed by atoms with Crippen LogP contribution in [0.3, 0.4) is 0 Å². The molecule has 0 aromatic heterocycles. The number of halogens is 2. The molecule has 2 aromatic carbocycles. The van der Waals surface area contributed by atoms with Gasteiger partial charge in [-0.15, -0.1) is 0 Å². The number of amides is 3. The summed E-state index contributed by atoms with van der Waals surface area (Å²) in [6, 6.07) is 14.1. The Bertz CT molecular complexity index is 1360. The molecule has 0 unspecified atom stereocenters. The molecule has 2 saturated heterocycles. The Balaban J connectivity index is 1.25. The van der Waals surface area contributed by atoms with Gasteiger partial charge in [-0.1, -0.05) is 84.9 Å². The molecular weight excluding hydrogens is 575 g/mol. The number of anilines is 1. The van der Waals surface area contributed by atoms with Gasteiger partial charge >= 0.3 is 0 Å². The largest absolute Gasteiger partial charge is 0.359 e. The fourth-order valence-electron chi connectivity index (χ4n) is 7.14.